The Morgan fingerprint density at radius 3 is 2.85 bits per heavy atom. The second-order valence-electron chi connectivity index (χ2n) is 4.81. The normalized spacial score (nSPS) is 13.8. The molecule has 0 saturated heterocycles. The third-order valence-electron chi connectivity index (χ3n) is 3.35. The molecule has 0 amide bonds. The summed E-state index contributed by atoms with van der Waals surface area (Å²) in [5.74, 6) is -0.169. The van der Waals surface area contributed by atoms with Crippen LogP contribution in [0.1, 0.15) is 24.1 Å². The molecule has 3 nitrogen and oxygen atoms in total. The van der Waals surface area contributed by atoms with Crippen LogP contribution in [-0.4, -0.2) is 14.6 Å². The van der Waals surface area contributed by atoms with Crippen LogP contribution in [0.25, 0.3) is 0 Å². The fraction of sp³-hybridized carbons (Fsp3) is 0.200. The molecule has 0 saturated carbocycles. The summed E-state index contributed by atoms with van der Waals surface area (Å²) in [5.41, 5.74) is 4.41. The van der Waals surface area contributed by atoms with Crippen LogP contribution >= 0.6 is 0 Å². The Balaban J connectivity index is 1.86. The minimum atomic E-state index is -0.169. The zero-order chi connectivity index (χ0) is 14.1. The molecule has 3 rings (SSSR count). The number of nitrogens with one attached hydrogen (secondary N) is 1. The van der Waals surface area contributed by atoms with Crippen LogP contribution in [0.5, 0.6) is 0 Å². The summed E-state index contributed by atoms with van der Waals surface area (Å²) in [4.78, 5) is 0. The van der Waals surface area contributed by atoms with Crippen LogP contribution in [0.3, 0.4) is 0 Å². The summed E-state index contributed by atoms with van der Waals surface area (Å²) >= 11 is -0.0423. The molecule has 102 valence electrons. The van der Waals surface area contributed by atoms with Gasteiger partial charge in [0.05, 0.1) is 0 Å². The third-order valence-corrected chi connectivity index (χ3v) is 4.49. The van der Waals surface area contributed by atoms with Gasteiger partial charge in [-0.05, 0) is 0 Å². The monoisotopic (exact) mass is 335 g/mol. The van der Waals surface area contributed by atoms with Gasteiger partial charge in [-0.3, -0.25) is 0 Å². The van der Waals surface area contributed by atoms with Crippen molar-refractivity contribution >= 4 is 31.6 Å². The van der Waals surface area contributed by atoms with E-state index in [1.165, 1.54) is 0 Å². The van der Waals surface area contributed by atoms with Crippen molar-refractivity contribution in [1.29, 1.82) is 0 Å². The van der Waals surface area contributed by atoms with Crippen molar-refractivity contribution in [2.45, 2.75) is 19.9 Å². The maximum atomic E-state index is 13.6. The molecule has 1 unspecified atom stereocenters. The molecule has 2 aromatic carbocycles. The van der Waals surface area contributed by atoms with E-state index in [0.717, 1.165) is 22.6 Å². The first-order valence-electron chi connectivity index (χ1n) is 6.39. The Labute approximate surface area is 123 Å². The van der Waals surface area contributed by atoms with Crippen LogP contribution in [0.4, 0.5) is 21.5 Å². The number of nitrogens with zero attached hydrogens (tertiary/aromatic N) is 2. The molecule has 0 fully saturated rings. The second-order valence-corrected chi connectivity index (χ2v) is 5.92. The molecule has 0 aliphatic carbocycles. The molecular weight excluding hydrogens is 320 g/mol. The van der Waals surface area contributed by atoms with Gasteiger partial charge < -0.3 is 0 Å². The molecule has 0 radical (unpaired) electrons. The van der Waals surface area contributed by atoms with Crippen molar-refractivity contribution in [3.8, 4) is 0 Å². The summed E-state index contributed by atoms with van der Waals surface area (Å²) in [6, 6.07) is 11.3. The van der Waals surface area contributed by atoms with Crippen LogP contribution in [0.15, 0.2) is 44.3 Å². The number of halogens is 1. The number of hydrogen-bond donors (Lipinski definition) is 1. The van der Waals surface area contributed by atoms with Crippen LogP contribution in [-0.2, 0) is 0 Å². The van der Waals surface area contributed by atoms with E-state index < -0.39 is 0 Å². The van der Waals surface area contributed by atoms with E-state index in [2.05, 4.69) is 13.2 Å². The fourth-order valence-electron chi connectivity index (χ4n) is 2.12. The molecule has 0 bridgehead atoms. The Kier molecular flexibility index (Phi) is 3.55. The Hall–Kier alpha value is -1.71. The van der Waals surface area contributed by atoms with Gasteiger partial charge in [-0.25, -0.2) is 0 Å². The van der Waals surface area contributed by atoms with E-state index in [9.17, 15) is 4.39 Å². The van der Waals surface area contributed by atoms with Gasteiger partial charge >= 0.3 is 122 Å². The van der Waals surface area contributed by atoms with E-state index >= 15 is 0 Å². The van der Waals surface area contributed by atoms with Gasteiger partial charge in [0.2, 0.25) is 0 Å². The van der Waals surface area contributed by atoms with E-state index in [-0.39, 0.29) is 26.4 Å². The van der Waals surface area contributed by atoms with Crippen molar-refractivity contribution < 1.29 is 4.39 Å². The van der Waals surface area contributed by atoms with E-state index in [4.69, 9.17) is 0 Å². The average molecular weight is 334 g/mol. The second kappa shape index (κ2) is 5.35. The van der Waals surface area contributed by atoms with Gasteiger partial charge in [0, 0.05) is 0 Å². The first kappa shape index (κ1) is 13.3. The predicted octanol–water partition coefficient (Wildman–Crippen LogP) is 4.66. The molecule has 1 N–H and O–H groups in total. The van der Waals surface area contributed by atoms with E-state index in [1.807, 2.05) is 31.2 Å². The predicted molar refractivity (Wildman–Crippen MR) is 79.5 cm³/mol. The first-order valence-corrected chi connectivity index (χ1v) is 7.92. The summed E-state index contributed by atoms with van der Waals surface area (Å²) in [6.45, 7) is 3.78. The van der Waals surface area contributed by atoms with Gasteiger partial charge in [-0.1, -0.05) is 0 Å². The number of rotatable bonds is 3. The molecule has 1 heterocycles. The first-order chi connectivity index (χ1) is 9.65. The SMILES string of the molecule is Cc1ccc(C(C)Nc2cccc3c2N=[Se]=N3)cc1F. The Bertz CT molecular complexity index is 736. The maximum absolute atomic E-state index is 13.6. The van der Waals surface area contributed by atoms with Crippen molar-refractivity contribution in [3.05, 3.63) is 53.3 Å². The standard InChI is InChI=1S/C15H14FN3Se/c1-9-6-7-11(8-12(9)16)10(2)17-13-4-3-5-14-15(13)19-20-18-14/h3-8,10,17H,1-2H3. The fourth-order valence-corrected chi connectivity index (χ4v) is 3.27. The summed E-state index contributed by atoms with van der Waals surface area (Å²) in [6.07, 6.45) is 0. The topological polar surface area (TPSA) is 36.8 Å². The molecule has 20 heavy (non-hydrogen) atoms. The minimum absolute atomic E-state index is 0.0138. The molecule has 0 aromatic heterocycles. The van der Waals surface area contributed by atoms with Crippen LogP contribution in [0, 0.1) is 12.7 Å². The van der Waals surface area contributed by atoms with Gasteiger partial charge in [-0.15, -0.1) is 0 Å². The number of benzene rings is 2. The van der Waals surface area contributed by atoms with Gasteiger partial charge in [-0.2, -0.15) is 0 Å². The summed E-state index contributed by atoms with van der Waals surface area (Å²) in [5, 5.41) is 3.39. The van der Waals surface area contributed by atoms with E-state index in [1.54, 1.807) is 19.1 Å². The molecule has 1 aliphatic rings. The molecule has 1 aliphatic heterocycles. The van der Waals surface area contributed by atoms with E-state index in [0.29, 0.717) is 5.56 Å². The van der Waals surface area contributed by atoms with Crippen molar-refractivity contribution in [2.75, 3.05) is 5.32 Å². The molecule has 0 spiro atoms. The average Bonchev–Trinajstić information content (AvgIpc) is 2.91. The summed E-state index contributed by atoms with van der Waals surface area (Å²) < 4.78 is 22.4. The molecular formula is C15H14FN3Se. The van der Waals surface area contributed by atoms with Crippen molar-refractivity contribution in [2.24, 2.45) is 7.92 Å². The van der Waals surface area contributed by atoms with Crippen molar-refractivity contribution in [1.82, 2.24) is 0 Å². The van der Waals surface area contributed by atoms with Gasteiger partial charge in [0.25, 0.3) is 0 Å². The van der Waals surface area contributed by atoms with Gasteiger partial charge in [0.1, 0.15) is 0 Å². The Morgan fingerprint density at radius 2 is 2.05 bits per heavy atom. The number of hydrogen-bond acceptors (Lipinski definition) is 3. The van der Waals surface area contributed by atoms with Crippen LogP contribution < -0.4 is 5.32 Å². The third kappa shape index (κ3) is 2.47. The number of fused-ring (bicyclic) bond motifs is 1. The van der Waals surface area contributed by atoms with Crippen molar-refractivity contribution in [3.63, 3.8) is 0 Å². The summed E-state index contributed by atoms with van der Waals surface area (Å²) in [7, 11) is 0. The number of anilines is 1. The molecule has 2 aromatic rings. The molecule has 5 heteroatoms. The zero-order valence-electron chi connectivity index (χ0n) is 11.2. The quantitative estimate of drug-likeness (QED) is 0.695. The van der Waals surface area contributed by atoms with Crippen LogP contribution in [0.2, 0.25) is 0 Å². The number of aryl methyl sites for hydroxylation is 1. The molecule has 1 atom stereocenters. The zero-order valence-corrected chi connectivity index (χ0v) is 12.9. The van der Waals surface area contributed by atoms with Gasteiger partial charge in [0.15, 0.2) is 0 Å². The Morgan fingerprint density at radius 1 is 1.20 bits per heavy atom.